The number of aliphatic hydroxyl groups excluding tert-OH is 1. The minimum absolute atomic E-state index is 0.129. The summed E-state index contributed by atoms with van der Waals surface area (Å²) in [6, 6.07) is 0. The second-order valence-electron chi connectivity index (χ2n) is 7.29. The average Bonchev–Trinajstić information content (AvgIpc) is 3.25. The quantitative estimate of drug-likeness (QED) is 0.708. The molecule has 4 atom stereocenters. The molecule has 4 rings (SSSR count). The van der Waals surface area contributed by atoms with Crippen molar-refractivity contribution in [3.8, 4) is 0 Å². The molecule has 0 bridgehead atoms. The van der Waals surface area contributed by atoms with Crippen molar-refractivity contribution in [2.75, 3.05) is 18.5 Å². The molecule has 2 aliphatic rings. The van der Waals surface area contributed by atoms with E-state index in [9.17, 15) is 5.11 Å². The largest absolute Gasteiger partial charge is 0.394 e. The minimum Gasteiger partial charge on any atom is -0.394 e. The summed E-state index contributed by atoms with van der Waals surface area (Å²) in [5.74, 6) is -0.0437. The van der Waals surface area contributed by atoms with Gasteiger partial charge in [0.15, 0.2) is 11.4 Å². The van der Waals surface area contributed by atoms with Gasteiger partial charge in [-0.3, -0.25) is 0 Å². The van der Waals surface area contributed by atoms with Crippen molar-refractivity contribution in [1.29, 1.82) is 0 Å². The highest BCUT2D eigenvalue weighted by Gasteiger charge is 2.55. The molecule has 0 amide bonds. The molecule has 0 spiro atoms. The third-order valence-electron chi connectivity index (χ3n) is 4.79. The Bertz CT molecular complexity index is 829. The van der Waals surface area contributed by atoms with Gasteiger partial charge in [0.25, 0.3) is 0 Å². The first-order chi connectivity index (χ1) is 12.9. The van der Waals surface area contributed by atoms with Crippen molar-refractivity contribution < 1.29 is 19.3 Å². The molecule has 0 unspecified atom stereocenters. The maximum Gasteiger partial charge on any atom is 0.226 e. The fraction of sp³-hybridized carbons (Fsp3) is 0.706. The van der Waals surface area contributed by atoms with Gasteiger partial charge in [0.1, 0.15) is 30.2 Å². The van der Waals surface area contributed by atoms with Crippen molar-refractivity contribution in [3.05, 3.63) is 11.5 Å². The number of halogens is 1. The zero-order chi connectivity index (χ0) is 19.2. The second kappa shape index (κ2) is 7.14. The normalized spacial score (nSPS) is 29.4. The van der Waals surface area contributed by atoms with E-state index in [1.54, 1.807) is 10.9 Å². The van der Waals surface area contributed by atoms with Gasteiger partial charge in [-0.1, -0.05) is 6.92 Å². The summed E-state index contributed by atoms with van der Waals surface area (Å²) in [6.45, 7) is 6.85. The van der Waals surface area contributed by atoms with Crippen LogP contribution < -0.4 is 5.32 Å². The molecule has 2 N–H and O–H groups in total. The van der Waals surface area contributed by atoms with Crippen LogP contribution in [0.15, 0.2) is 6.20 Å². The molecule has 2 aliphatic heterocycles. The number of hydrogen-bond acceptors (Lipinski definition) is 8. The predicted octanol–water partition coefficient (Wildman–Crippen LogP) is 1.58. The zero-order valence-corrected chi connectivity index (χ0v) is 16.3. The molecule has 9 nitrogen and oxygen atoms in total. The third kappa shape index (κ3) is 3.50. The van der Waals surface area contributed by atoms with Crippen molar-refractivity contribution in [1.82, 2.24) is 19.7 Å². The molecular formula is C17H24ClN5O4. The van der Waals surface area contributed by atoms with E-state index in [0.717, 1.165) is 18.4 Å². The van der Waals surface area contributed by atoms with E-state index >= 15 is 0 Å². The van der Waals surface area contributed by atoms with Gasteiger partial charge in [0.2, 0.25) is 5.28 Å². The van der Waals surface area contributed by atoms with E-state index in [-0.39, 0.29) is 30.2 Å². The highest BCUT2D eigenvalue weighted by Crippen LogP contribution is 2.39. The molecule has 2 saturated heterocycles. The van der Waals surface area contributed by atoms with Crippen LogP contribution in [0.3, 0.4) is 0 Å². The Morgan fingerprint density at radius 1 is 1.26 bits per heavy atom. The van der Waals surface area contributed by atoms with Gasteiger partial charge in [-0.15, -0.1) is 0 Å². The number of ether oxygens (including phenoxy) is 3. The fourth-order valence-electron chi connectivity index (χ4n) is 3.68. The van der Waals surface area contributed by atoms with Crippen LogP contribution in [0.5, 0.6) is 0 Å². The van der Waals surface area contributed by atoms with E-state index in [0.29, 0.717) is 18.0 Å². The van der Waals surface area contributed by atoms with Gasteiger partial charge in [0, 0.05) is 6.54 Å². The Balaban J connectivity index is 1.61. The smallest absolute Gasteiger partial charge is 0.226 e. The first-order valence-corrected chi connectivity index (χ1v) is 9.54. The van der Waals surface area contributed by atoms with Crippen LogP contribution in [-0.4, -0.2) is 68.2 Å². The monoisotopic (exact) mass is 397 g/mol. The summed E-state index contributed by atoms with van der Waals surface area (Å²) in [6.07, 6.45) is 1.34. The lowest BCUT2D eigenvalue weighted by molar-refractivity contribution is -0.191. The molecule has 0 aromatic carbocycles. The zero-order valence-electron chi connectivity index (χ0n) is 15.6. The fourth-order valence-corrected chi connectivity index (χ4v) is 3.84. The van der Waals surface area contributed by atoms with E-state index in [1.165, 1.54) is 0 Å². The molecule has 0 saturated carbocycles. The second-order valence-corrected chi connectivity index (χ2v) is 7.63. The number of fused-ring (bicyclic) bond motifs is 2. The van der Waals surface area contributed by atoms with Gasteiger partial charge in [-0.25, -0.2) is 4.68 Å². The molecule has 4 heterocycles. The van der Waals surface area contributed by atoms with Crippen LogP contribution in [0.1, 0.15) is 27.2 Å². The molecule has 148 valence electrons. The number of rotatable bonds is 6. The Kier molecular flexibility index (Phi) is 4.98. The van der Waals surface area contributed by atoms with Crippen LogP contribution in [0, 0.1) is 0 Å². The lowest BCUT2D eigenvalue weighted by Crippen LogP contribution is -2.33. The lowest BCUT2D eigenvalue weighted by atomic mass is 10.1. The molecule has 2 aromatic rings. The molecule has 0 radical (unpaired) electrons. The number of aliphatic hydroxyl groups is 1. The van der Waals surface area contributed by atoms with Gasteiger partial charge < -0.3 is 24.6 Å². The van der Waals surface area contributed by atoms with Crippen LogP contribution >= 0.6 is 11.6 Å². The Labute approximate surface area is 162 Å². The maximum absolute atomic E-state index is 9.62. The number of aromatic nitrogens is 4. The summed E-state index contributed by atoms with van der Waals surface area (Å²) >= 11 is 6.11. The summed E-state index contributed by atoms with van der Waals surface area (Å²) in [5, 5.41) is 18.3. The summed E-state index contributed by atoms with van der Waals surface area (Å²) < 4.78 is 19.6. The van der Waals surface area contributed by atoms with E-state index < -0.39 is 11.9 Å². The first kappa shape index (κ1) is 18.8. The van der Waals surface area contributed by atoms with E-state index in [2.05, 4.69) is 27.3 Å². The first-order valence-electron chi connectivity index (χ1n) is 9.16. The Hall–Kier alpha value is -1.52. The average molecular weight is 398 g/mol. The third-order valence-corrected chi connectivity index (χ3v) is 4.96. The number of nitrogens with one attached hydrogen (secondary N) is 1. The van der Waals surface area contributed by atoms with Crippen LogP contribution in [-0.2, 0) is 20.8 Å². The number of anilines is 1. The highest BCUT2D eigenvalue weighted by molar-refractivity contribution is 6.28. The molecule has 2 fully saturated rings. The number of hydrogen-bond donors (Lipinski definition) is 2. The van der Waals surface area contributed by atoms with Gasteiger partial charge in [-0.2, -0.15) is 15.1 Å². The lowest BCUT2D eigenvalue weighted by Gasteiger charge is -2.23. The molecule has 2 aromatic heterocycles. The van der Waals surface area contributed by atoms with Crippen LogP contribution in [0.25, 0.3) is 11.0 Å². The van der Waals surface area contributed by atoms with Crippen molar-refractivity contribution in [2.24, 2.45) is 0 Å². The van der Waals surface area contributed by atoms with Gasteiger partial charge >= 0.3 is 0 Å². The highest BCUT2D eigenvalue weighted by atomic mass is 35.5. The predicted molar refractivity (Wildman–Crippen MR) is 98.7 cm³/mol. The van der Waals surface area contributed by atoms with Crippen LogP contribution in [0.2, 0.25) is 5.28 Å². The summed E-state index contributed by atoms with van der Waals surface area (Å²) in [7, 11) is 0. The van der Waals surface area contributed by atoms with Crippen molar-refractivity contribution >= 4 is 28.5 Å². The van der Waals surface area contributed by atoms with E-state index in [1.807, 2.05) is 13.8 Å². The summed E-state index contributed by atoms with van der Waals surface area (Å²) in [5.41, 5.74) is 0.624. The molecular weight excluding hydrogens is 374 g/mol. The maximum atomic E-state index is 9.62. The van der Waals surface area contributed by atoms with Crippen molar-refractivity contribution in [2.45, 2.75) is 63.9 Å². The molecule has 0 aliphatic carbocycles. The van der Waals surface area contributed by atoms with Crippen molar-refractivity contribution in [3.63, 3.8) is 0 Å². The topological polar surface area (TPSA) is 104 Å². The SMILES string of the molecule is CCCNc1nc(Cl)nc2c1cnn2C[C@H]1O[C@H](CO)[C@H]2OC(C)(C)O[C@H]21. The molecule has 27 heavy (non-hydrogen) atoms. The number of nitrogens with zero attached hydrogens (tertiary/aromatic N) is 4. The minimum atomic E-state index is -0.709. The Morgan fingerprint density at radius 2 is 2.00 bits per heavy atom. The standard InChI is InChI=1S/C17H24ClN5O4/c1-4-5-19-14-9-6-20-23(15(9)22-16(18)21-14)7-10-12-13(11(8-24)25-10)27-17(2,3)26-12/h6,10-13,24H,4-5,7-8H2,1-3H3,(H,19,21,22)/t10-,11-,12+,13-/m1/s1. The van der Waals surface area contributed by atoms with Gasteiger partial charge in [-0.05, 0) is 31.9 Å². The summed E-state index contributed by atoms with van der Waals surface area (Å²) in [4.78, 5) is 8.60. The van der Waals surface area contributed by atoms with Gasteiger partial charge in [0.05, 0.1) is 24.7 Å². The van der Waals surface area contributed by atoms with Crippen LogP contribution in [0.4, 0.5) is 5.82 Å². The van der Waals surface area contributed by atoms with E-state index in [4.69, 9.17) is 25.8 Å². The Morgan fingerprint density at radius 3 is 2.70 bits per heavy atom. The molecule has 10 heteroatoms.